The Morgan fingerprint density at radius 3 is 2.50 bits per heavy atom. The van der Waals surface area contributed by atoms with Crippen molar-refractivity contribution >= 4 is 28.1 Å². The molecule has 0 saturated carbocycles. The summed E-state index contributed by atoms with van der Waals surface area (Å²) in [6, 6.07) is 13.3. The number of amides is 1. The third kappa shape index (κ3) is 5.88. The second-order valence-electron chi connectivity index (χ2n) is 6.74. The van der Waals surface area contributed by atoms with E-state index in [1.165, 1.54) is 11.8 Å². The third-order valence-corrected chi connectivity index (χ3v) is 4.17. The van der Waals surface area contributed by atoms with Gasteiger partial charge >= 0.3 is 0 Å². The Labute approximate surface area is 162 Å². The number of nitrogens with one attached hydrogen (secondary N) is 1. The molecule has 6 heteroatoms. The average Bonchev–Trinajstić information content (AvgIpc) is 2.60. The molecule has 1 amide bonds. The Hall–Kier alpha value is -2.34. The van der Waals surface area contributed by atoms with Crippen molar-refractivity contribution < 1.29 is 14.3 Å². The number of hydrogen-bond acceptors (Lipinski definition) is 4. The van der Waals surface area contributed by atoms with Gasteiger partial charge in [0.1, 0.15) is 11.5 Å². The molecule has 0 saturated heterocycles. The van der Waals surface area contributed by atoms with Gasteiger partial charge in [0.15, 0.2) is 6.61 Å². The Morgan fingerprint density at radius 2 is 1.88 bits per heavy atom. The molecule has 0 aliphatic heterocycles. The maximum atomic E-state index is 11.9. The number of hydrogen-bond donors (Lipinski definition) is 1. The normalized spacial score (nSPS) is 11.4. The van der Waals surface area contributed by atoms with Crippen molar-refractivity contribution in [2.24, 2.45) is 5.10 Å². The van der Waals surface area contributed by atoms with Crippen LogP contribution in [-0.2, 0) is 10.2 Å². The maximum absolute atomic E-state index is 11.9. The summed E-state index contributed by atoms with van der Waals surface area (Å²) in [5, 5.41) is 3.94. The van der Waals surface area contributed by atoms with Crippen molar-refractivity contribution in [1.82, 2.24) is 5.43 Å². The number of rotatable bonds is 6. The van der Waals surface area contributed by atoms with Gasteiger partial charge in [-0.05, 0) is 41.3 Å². The molecule has 0 spiro atoms. The SMILES string of the molecule is COc1ccc(Br)cc1C=NNC(=O)COc1ccc(C(C)(C)C)cc1. The maximum Gasteiger partial charge on any atom is 0.277 e. The molecular formula is C20H23BrN2O3. The van der Waals surface area contributed by atoms with Crippen LogP contribution in [0.1, 0.15) is 31.9 Å². The molecular weight excluding hydrogens is 396 g/mol. The summed E-state index contributed by atoms with van der Waals surface area (Å²) in [5.41, 5.74) is 4.48. The molecule has 0 atom stereocenters. The Bertz CT molecular complexity index is 781. The molecule has 0 aliphatic carbocycles. The number of hydrazone groups is 1. The molecule has 2 aromatic carbocycles. The zero-order valence-corrected chi connectivity index (χ0v) is 17.0. The van der Waals surface area contributed by atoms with Crippen molar-refractivity contribution in [2.45, 2.75) is 26.2 Å². The standard InChI is InChI=1S/C20H23BrN2O3/c1-20(2,3)15-5-8-17(9-6-15)26-13-19(24)23-22-12-14-11-16(21)7-10-18(14)25-4/h5-12H,13H2,1-4H3,(H,23,24). The first-order valence-electron chi connectivity index (χ1n) is 8.18. The molecule has 138 valence electrons. The van der Waals surface area contributed by atoms with Crippen LogP contribution >= 0.6 is 15.9 Å². The van der Waals surface area contributed by atoms with Gasteiger partial charge in [-0.3, -0.25) is 4.79 Å². The summed E-state index contributed by atoms with van der Waals surface area (Å²) in [5.74, 6) is 0.974. The summed E-state index contributed by atoms with van der Waals surface area (Å²) in [7, 11) is 1.58. The van der Waals surface area contributed by atoms with Crippen LogP contribution in [0.2, 0.25) is 0 Å². The van der Waals surface area contributed by atoms with Gasteiger partial charge in [0.05, 0.1) is 13.3 Å². The number of nitrogens with zero attached hydrogens (tertiary/aromatic N) is 1. The lowest BCUT2D eigenvalue weighted by molar-refractivity contribution is -0.123. The van der Waals surface area contributed by atoms with E-state index in [2.05, 4.69) is 47.2 Å². The zero-order chi connectivity index (χ0) is 19.2. The fourth-order valence-electron chi connectivity index (χ4n) is 2.21. The van der Waals surface area contributed by atoms with Gasteiger partial charge in [-0.1, -0.05) is 48.8 Å². The summed E-state index contributed by atoms with van der Waals surface area (Å²) in [6.07, 6.45) is 1.53. The number of halogens is 1. The third-order valence-electron chi connectivity index (χ3n) is 3.67. The Morgan fingerprint density at radius 1 is 1.19 bits per heavy atom. The van der Waals surface area contributed by atoms with E-state index in [9.17, 15) is 4.79 Å². The quantitative estimate of drug-likeness (QED) is 0.562. The second kappa shape index (κ2) is 8.85. The van der Waals surface area contributed by atoms with E-state index in [0.29, 0.717) is 11.5 Å². The molecule has 2 rings (SSSR count). The minimum Gasteiger partial charge on any atom is -0.496 e. The molecule has 0 bridgehead atoms. The monoisotopic (exact) mass is 418 g/mol. The minimum absolute atomic E-state index is 0.0815. The van der Waals surface area contributed by atoms with Gasteiger partial charge in [-0.2, -0.15) is 5.10 Å². The van der Waals surface area contributed by atoms with Crippen LogP contribution in [0.3, 0.4) is 0 Å². The van der Waals surface area contributed by atoms with E-state index in [4.69, 9.17) is 9.47 Å². The van der Waals surface area contributed by atoms with Crippen LogP contribution < -0.4 is 14.9 Å². The summed E-state index contributed by atoms with van der Waals surface area (Å²) >= 11 is 3.39. The number of carbonyl (C=O) groups excluding carboxylic acids is 1. The highest BCUT2D eigenvalue weighted by Gasteiger charge is 2.13. The van der Waals surface area contributed by atoms with Crippen molar-refractivity contribution in [3.8, 4) is 11.5 Å². The van der Waals surface area contributed by atoms with Crippen LogP contribution in [0.15, 0.2) is 52.0 Å². The van der Waals surface area contributed by atoms with Crippen LogP contribution in [0.25, 0.3) is 0 Å². The van der Waals surface area contributed by atoms with E-state index in [0.717, 1.165) is 10.0 Å². The average molecular weight is 419 g/mol. The first-order valence-corrected chi connectivity index (χ1v) is 8.97. The van der Waals surface area contributed by atoms with Gasteiger partial charge in [0, 0.05) is 10.0 Å². The van der Waals surface area contributed by atoms with E-state index >= 15 is 0 Å². The highest BCUT2D eigenvalue weighted by Crippen LogP contribution is 2.24. The zero-order valence-electron chi connectivity index (χ0n) is 15.4. The lowest BCUT2D eigenvalue weighted by atomic mass is 9.87. The summed E-state index contributed by atoms with van der Waals surface area (Å²) in [4.78, 5) is 11.9. The molecule has 2 aromatic rings. The summed E-state index contributed by atoms with van der Waals surface area (Å²) < 4.78 is 11.6. The molecule has 1 N–H and O–H groups in total. The number of carbonyl (C=O) groups is 1. The Kier molecular flexibility index (Phi) is 6.80. The number of ether oxygens (including phenoxy) is 2. The van der Waals surface area contributed by atoms with Gasteiger partial charge in [0.25, 0.3) is 5.91 Å². The molecule has 0 aliphatic rings. The molecule has 0 radical (unpaired) electrons. The molecule has 0 unspecified atom stereocenters. The van der Waals surface area contributed by atoms with Crippen LogP contribution in [0.5, 0.6) is 11.5 Å². The van der Waals surface area contributed by atoms with E-state index in [-0.39, 0.29) is 17.9 Å². The fourth-order valence-corrected chi connectivity index (χ4v) is 2.59. The van der Waals surface area contributed by atoms with Crippen molar-refractivity contribution in [3.63, 3.8) is 0 Å². The molecule has 0 heterocycles. The van der Waals surface area contributed by atoms with E-state index in [1.807, 2.05) is 42.5 Å². The van der Waals surface area contributed by atoms with Crippen molar-refractivity contribution in [2.75, 3.05) is 13.7 Å². The first kappa shape index (κ1) is 20.0. The number of benzene rings is 2. The summed E-state index contributed by atoms with van der Waals surface area (Å²) in [6.45, 7) is 6.33. The van der Waals surface area contributed by atoms with Crippen molar-refractivity contribution in [3.05, 3.63) is 58.1 Å². The predicted octanol–water partition coefficient (Wildman–Crippen LogP) is 4.28. The van der Waals surface area contributed by atoms with Gasteiger partial charge in [-0.15, -0.1) is 0 Å². The molecule has 0 fully saturated rings. The van der Waals surface area contributed by atoms with Crippen LogP contribution in [0, 0.1) is 0 Å². The van der Waals surface area contributed by atoms with Gasteiger partial charge < -0.3 is 9.47 Å². The lowest BCUT2D eigenvalue weighted by Gasteiger charge is -2.19. The minimum atomic E-state index is -0.338. The topological polar surface area (TPSA) is 59.9 Å². The van der Waals surface area contributed by atoms with E-state index < -0.39 is 0 Å². The Balaban J connectivity index is 1.87. The molecule has 26 heavy (non-hydrogen) atoms. The number of methoxy groups -OCH3 is 1. The molecule has 5 nitrogen and oxygen atoms in total. The predicted molar refractivity (Wildman–Crippen MR) is 107 cm³/mol. The second-order valence-corrected chi connectivity index (χ2v) is 7.66. The largest absolute Gasteiger partial charge is 0.496 e. The van der Waals surface area contributed by atoms with Crippen molar-refractivity contribution in [1.29, 1.82) is 0 Å². The highest BCUT2D eigenvalue weighted by atomic mass is 79.9. The lowest BCUT2D eigenvalue weighted by Crippen LogP contribution is -2.24. The smallest absolute Gasteiger partial charge is 0.277 e. The van der Waals surface area contributed by atoms with E-state index in [1.54, 1.807) is 7.11 Å². The molecule has 0 aromatic heterocycles. The highest BCUT2D eigenvalue weighted by molar-refractivity contribution is 9.10. The van der Waals surface area contributed by atoms with Crippen LogP contribution in [0.4, 0.5) is 0 Å². The fraction of sp³-hybridized carbons (Fsp3) is 0.300. The van der Waals surface area contributed by atoms with Gasteiger partial charge in [-0.25, -0.2) is 5.43 Å². The first-order chi connectivity index (χ1) is 12.3. The van der Waals surface area contributed by atoms with Crippen LogP contribution in [-0.4, -0.2) is 25.8 Å². The van der Waals surface area contributed by atoms with Gasteiger partial charge in [0.2, 0.25) is 0 Å².